The number of aryl methyl sites for hydroxylation is 1. The van der Waals surface area contributed by atoms with Crippen molar-refractivity contribution in [1.29, 1.82) is 0 Å². The van der Waals surface area contributed by atoms with Crippen molar-refractivity contribution in [1.82, 2.24) is 9.47 Å². The van der Waals surface area contributed by atoms with Crippen LogP contribution in [0.5, 0.6) is 0 Å². The number of methoxy groups -OCH3 is 1. The Hall–Kier alpha value is -1.36. The van der Waals surface area contributed by atoms with Gasteiger partial charge in [-0.05, 0) is 37.1 Å². The Bertz CT molecular complexity index is 717. The molecule has 2 aromatic rings. The molecule has 4 heteroatoms. The first-order valence-electron chi connectivity index (χ1n) is 8.01. The average molecular weight is 300 g/mol. The number of hydrogen-bond donors (Lipinski definition) is 1. The van der Waals surface area contributed by atoms with E-state index in [0.717, 1.165) is 19.4 Å². The molecule has 1 aliphatic carbocycles. The minimum absolute atomic E-state index is 0.0781. The minimum atomic E-state index is -0.440. The second-order valence-electron chi connectivity index (χ2n) is 7.05. The number of hydrogen-bond acceptors (Lipinski definition) is 3. The predicted octanol–water partition coefficient (Wildman–Crippen LogP) is 1.90. The summed E-state index contributed by atoms with van der Waals surface area (Å²) in [5.74, 6) is 0.421. The molecular weight excluding hydrogens is 276 g/mol. The molecule has 0 spiro atoms. The van der Waals surface area contributed by atoms with Crippen molar-refractivity contribution < 1.29 is 9.84 Å². The van der Waals surface area contributed by atoms with Gasteiger partial charge < -0.3 is 14.4 Å². The number of piperidine rings is 1. The molecule has 1 aromatic carbocycles. The van der Waals surface area contributed by atoms with Gasteiger partial charge in [-0.3, -0.25) is 4.90 Å². The topological polar surface area (TPSA) is 37.6 Å². The summed E-state index contributed by atoms with van der Waals surface area (Å²) in [6.45, 7) is 0.869. The van der Waals surface area contributed by atoms with Gasteiger partial charge in [0, 0.05) is 49.8 Å². The molecule has 1 aromatic heterocycles. The Morgan fingerprint density at radius 2 is 2.18 bits per heavy atom. The molecule has 0 bridgehead atoms. The highest BCUT2D eigenvalue weighted by molar-refractivity contribution is 5.89. The summed E-state index contributed by atoms with van der Waals surface area (Å²) in [4.78, 5) is 2.38. The summed E-state index contributed by atoms with van der Waals surface area (Å²) >= 11 is 0. The van der Waals surface area contributed by atoms with Crippen LogP contribution in [0, 0.1) is 0 Å². The number of likely N-dealkylation sites (tertiary alicyclic amines) is 1. The highest BCUT2D eigenvalue weighted by atomic mass is 16.5. The number of nitrogens with zero attached hydrogens (tertiary/aromatic N) is 2. The van der Waals surface area contributed by atoms with E-state index in [9.17, 15) is 5.11 Å². The molecule has 1 N–H and O–H groups in total. The molecule has 2 aliphatic rings. The number of benzene rings is 1. The molecule has 2 heterocycles. The van der Waals surface area contributed by atoms with Crippen molar-refractivity contribution in [2.75, 3.05) is 27.3 Å². The van der Waals surface area contributed by atoms with Gasteiger partial charge in [0.2, 0.25) is 0 Å². The van der Waals surface area contributed by atoms with E-state index in [1.807, 2.05) is 0 Å². The van der Waals surface area contributed by atoms with E-state index < -0.39 is 5.60 Å². The van der Waals surface area contributed by atoms with E-state index in [2.05, 4.69) is 48.0 Å². The smallest absolute Gasteiger partial charge is 0.104 e. The van der Waals surface area contributed by atoms with E-state index in [0.29, 0.717) is 12.0 Å². The molecule has 3 atom stereocenters. The van der Waals surface area contributed by atoms with Crippen LogP contribution in [-0.4, -0.2) is 53.5 Å². The van der Waals surface area contributed by atoms with E-state index in [4.69, 9.17) is 4.74 Å². The summed E-state index contributed by atoms with van der Waals surface area (Å²) in [6, 6.07) is 7.12. The molecular formula is C18H24N2O2. The third kappa shape index (κ3) is 1.81. The van der Waals surface area contributed by atoms with Crippen molar-refractivity contribution in [3.63, 3.8) is 0 Å². The lowest BCUT2D eigenvalue weighted by Crippen LogP contribution is -2.58. The Morgan fingerprint density at radius 3 is 2.91 bits per heavy atom. The Kier molecular flexibility index (Phi) is 3.12. The van der Waals surface area contributed by atoms with Crippen molar-refractivity contribution >= 4 is 10.9 Å². The quantitative estimate of drug-likeness (QED) is 0.920. The summed E-state index contributed by atoms with van der Waals surface area (Å²) in [6.07, 6.45) is 4.26. The van der Waals surface area contributed by atoms with E-state index in [1.54, 1.807) is 7.11 Å². The van der Waals surface area contributed by atoms with Crippen LogP contribution in [0.1, 0.15) is 23.5 Å². The third-order valence-corrected chi connectivity index (χ3v) is 5.84. The molecule has 1 saturated heterocycles. The SMILES string of the molecule is COC1(CO)C[C@@H]2c3cccc4c3c(cn4C)C[C@H]2N(C)C1. The van der Waals surface area contributed by atoms with E-state index in [1.165, 1.54) is 22.0 Å². The largest absolute Gasteiger partial charge is 0.393 e. The van der Waals surface area contributed by atoms with Crippen LogP contribution in [0.15, 0.2) is 24.4 Å². The van der Waals surface area contributed by atoms with Gasteiger partial charge in [0.1, 0.15) is 5.60 Å². The highest BCUT2D eigenvalue weighted by Crippen LogP contribution is 2.46. The van der Waals surface area contributed by atoms with Gasteiger partial charge in [-0.15, -0.1) is 0 Å². The molecule has 1 aliphatic heterocycles. The number of likely N-dealkylation sites (N-methyl/N-ethyl adjacent to an activating group) is 1. The Labute approximate surface area is 131 Å². The predicted molar refractivity (Wildman–Crippen MR) is 87.2 cm³/mol. The fraction of sp³-hybridized carbons (Fsp3) is 0.556. The molecule has 0 amide bonds. The van der Waals surface area contributed by atoms with Gasteiger partial charge in [0.25, 0.3) is 0 Å². The van der Waals surface area contributed by atoms with Crippen LogP contribution in [-0.2, 0) is 18.2 Å². The maximum atomic E-state index is 9.89. The van der Waals surface area contributed by atoms with Crippen molar-refractivity contribution in [2.45, 2.75) is 30.4 Å². The van der Waals surface area contributed by atoms with Gasteiger partial charge in [-0.2, -0.15) is 0 Å². The molecule has 0 saturated carbocycles. The molecule has 4 rings (SSSR count). The number of aliphatic hydroxyl groups is 1. The summed E-state index contributed by atoms with van der Waals surface area (Å²) in [5.41, 5.74) is 3.75. The van der Waals surface area contributed by atoms with Crippen molar-refractivity contribution in [3.8, 4) is 0 Å². The van der Waals surface area contributed by atoms with Crippen LogP contribution in [0.2, 0.25) is 0 Å². The summed E-state index contributed by atoms with van der Waals surface area (Å²) in [7, 11) is 6.01. The maximum Gasteiger partial charge on any atom is 0.104 e. The third-order valence-electron chi connectivity index (χ3n) is 5.84. The maximum absolute atomic E-state index is 9.89. The zero-order valence-corrected chi connectivity index (χ0v) is 13.5. The second kappa shape index (κ2) is 4.82. The standard InChI is InChI=1S/C18H24N2O2/c1-19-9-12-7-16-14(13-5-4-6-15(19)17(12)13)8-18(11-21,22-3)10-20(16)2/h4-6,9,14,16,21H,7-8,10-11H2,1-3H3/t14-,16-,18?/m1/s1. The van der Waals surface area contributed by atoms with Crippen LogP contribution in [0.3, 0.4) is 0 Å². The van der Waals surface area contributed by atoms with Crippen LogP contribution in [0.25, 0.3) is 10.9 Å². The number of rotatable bonds is 2. The molecule has 4 nitrogen and oxygen atoms in total. The second-order valence-corrected chi connectivity index (χ2v) is 7.05. The monoisotopic (exact) mass is 300 g/mol. The number of aliphatic hydroxyl groups excluding tert-OH is 1. The first kappa shape index (κ1) is 14.2. The number of aromatic nitrogens is 1. The van der Waals surface area contributed by atoms with Crippen LogP contribution >= 0.6 is 0 Å². The van der Waals surface area contributed by atoms with Gasteiger partial charge in [0.05, 0.1) is 6.61 Å². The zero-order valence-electron chi connectivity index (χ0n) is 13.5. The lowest BCUT2D eigenvalue weighted by atomic mass is 9.71. The first-order chi connectivity index (χ1) is 10.6. The molecule has 1 unspecified atom stereocenters. The van der Waals surface area contributed by atoms with Gasteiger partial charge >= 0.3 is 0 Å². The minimum Gasteiger partial charge on any atom is -0.393 e. The molecule has 118 valence electrons. The summed E-state index contributed by atoms with van der Waals surface area (Å²) in [5, 5.41) is 11.3. The first-order valence-corrected chi connectivity index (χ1v) is 8.01. The number of ether oxygens (including phenoxy) is 1. The normalized spacial score (nSPS) is 31.5. The van der Waals surface area contributed by atoms with Gasteiger partial charge in [-0.25, -0.2) is 0 Å². The lowest BCUT2D eigenvalue weighted by Gasteiger charge is -2.50. The van der Waals surface area contributed by atoms with E-state index in [-0.39, 0.29) is 6.61 Å². The molecule has 0 radical (unpaired) electrons. The zero-order chi connectivity index (χ0) is 15.5. The van der Waals surface area contributed by atoms with Crippen LogP contribution < -0.4 is 0 Å². The van der Waals surface area contributed by atoms with Crippen molar-refractivity contribution in [2.24, 2.45) is 7.05 Å². The lowest BCUT2D eigenvalue weighted by molar-refractivity contribution is -0.110. The van der Waals surface area contributed by atoms with Crippen molar-refractivity contribution in [3.05, 3.63) is 35.5 Å². The molecule has 1 fully saturated rings. The number of fused-ring (bicyclic) bond motifs is 2. The van der Waals surface area contributed by atoms with E-state index >= 15 is 0 Å². The molecule has 22 heavy (non-hydrogen) atoms. The Balaban J connectivity index is 1.87. The average Bonchev–Trinajstić information content (AvgIpc) is 2.86. The summed E-state index contributed by atoms with van der Waals surface area (Å²) < 4.78 is 7.98. The highest BCUT2D eigenvalue weighted by Gasteiger charge is 2.46. The van der Waals surface area contributed by atoms with Crippen LogP contribution in [0.4, 0.5) is 0 Å². The van der Waals surface area contributed by atoms with Gasteiger partial charge in [0.15, 0.2) is 0 Å². The fourth-order valence-electron chi connectivity index (χ4n) is 4.68. The van der Waals surface area contributed by atoms with Gasteiger partial charge in [-0.1, -0.05) is 12.1 Å². The fourth-order valence-corrected chi connectivity index (χ4v) is 4.68. The Morgan fingerprint density at radius 1 is 1.36 bits per heavy atom.